The van der Waals surface area contributed by atoms with Crippen molar-refractivity contribution in [2.75, 3.05) is 31.0 Å². The Morgan fingerprint density at radius 1 is 1.00 bits per heavy atom. The van der Waals surface area contributed by atoms with Crippen LogP contribution in [0.2, 0.25) is 0 Å². The zero-order chi connectivity index (χ0) is 20.2. The van der Waals surface area contributed by atoms with E-state index >= 15 is 0 Å². The van der Waals surface area contributed by atoms with E-state index in [0.29, 0.717) is 5.95 Å². The van der Waals surface area contributed by atoms with Crippen LogP contribution in [0.1, 0.15) is 29.7 Å². The zero-order valence-corrected chi connectivity index (χ0v) is 17.1. The highest BCUT2D eigenvalue weighted by atomic mass is 16.5. The van der Waals surface area contributed by atoms with Gasteiger partial charge in [-0.15, -0.1) is 0 Å². The molecular weight excluding hydrogens is 364 g/mol. The summed E-state index contributed by atoms with van der Waals surface area (Å²) in [7, 11) is 3.34. The van der Waals surface area contributed by atoms with E-state index in [-0.39, 0.29) is 6.04 Å². The van der Waals surface area contributed by atoms with Crippen molar-refractivity contribution in [3.05, 3.63) is 71.4 Å². The molecule has 0 saturated carbocycles. The molecule has 1 aliphatic heterocycles. The highest BCUT2D eigenvalue weighted by Gasteiger charge is 2.21. The number of anilines is 2. The number of nitrogens with one attached hydrogen (secondary N) is 1. The standard InChI is InChI=1S/C23H26N4O2/c1-16(17-7-5-4-6-8-17)25-23-24-11-9-22(26-23)27-12-10-18-13-20(28-2)21(29-3)14-19(18)15-27/h4-9,11,13-14,16H,10,12,15H2,1-3H3,(H,24,25,26). The molecule has 6 nitrogen and oxygen atoms in total. The quantitative estimate of drug-likeness (QED) is 0.680. The maximum absolute atomic E-state index is 5.47. The molecule has 1 unspecified atom stereocenters. The van der Waals surface area contributed by atoms with Crippen molar-refractivity contribution in [2.24, 2.45) is 0 Å². The first-order valence-corrected chi connectivity index (χ1v) is 9.81. The summed E-state index contributed by atoms with van der Waals surface area (Å²) in [4.78, 5) is 11.4. The normalized spacial score (nSPS) is 14.1. The number of methoxy groups -OCH3 is 2. The van der Waals surface area contributed by atoms with E-state index in [9.17, 15) is 0 Å². The van der Waals surface area contributed by atoms with Gasteiger partial charge in [0.1, 0.15) is 5.82 Å². The van der Waals surface area contributed by atoms with Crippen molar-refractivity contribution in [1.29, 1.82) is 0 Å². The molecule has 0 spiro atoms. The lowest BCUT2D eigenvalue weighted by Gasteiger charge is -2.30. The number of hydrogen-bond acceptors (Lipinski definition) is 6. The third-order valence-corrected chi connectivity index (χ3v) is 5.33. The lowest BCUT2D eigenvalue weighted by Crippen LogP contribution is -2.31. The van der Waals surface area contributed by atoms with Crippen LogP contribution in [-0.4, -0.2) is 30.7 Å². The summed E-state index contributed by atoms with van der Waals surface area (Å²) < 4.78 is 10.9. The molecule has 1 atom stereocenters. The molecule has 1 aliphatic rings. The Morgan fingerprint density at radius 2 is 1.72 bits per heavy atom. The van der Waals surface area contributed by atoms with Gasteiger partial charge in [0, 0.05) is 19.3 Å². The number of aromatic nitrogens is 2. The van der Waals surface area contributed by atoms with Crippen molar-refractivity contribution in [3.8, 4) is 11.5 Å². The molecule has 1 N–H and O–H groups in total. The van der Waals surface area contributed by atoms with Crippen LogP contribution in [0.5, 0.6) is 11.5 Å². The second-order valence-corrected chi connectivity index (χ2v) is 7.16. The Labute approximate surface area is 171 Å². The molecule has 0 amide bonds. The lowest BCUT2D eigenvalue weighted by atomic mass is 9.99. The highest BCUT2D eigenvalue weighted by molar-refractivity contribution is 5.52. The van der Waals surface area contributed by atoms with E-state index < -0.39 is 0 Å². The van der Waals surface area contributed by atoms with Gasteiger partial charge in [-0.05, 0) is 48.2 Å². The van der Waals surface area contributed by atoms with Gasteiger partial charge in [0.15, 0.2) is 11.5 Å². The SMILES string of the molecule is COc1cc2c(cc1OC)CN(c1ccnc(NC(C)c3ccccc3)n1)CC2. The maximum Gasteiger partial charge on any atom is 0.225 e. The van der Waals surface area contributed by atoms with Crippen molar-refractivity contribution in [3.63, 3.8) is 0 Å². The molecule has 1 aromatic heterocycles. The second kappa shape index (κ2) is 8.39. The summed E-state index contributed by atoms with van der Waals surface area (Å²) in [5, 5.41) is 3.40. The summed E-state index contributed by atoms with van der Waals surface area (Å²) in [6, 6.07) is 16.5. The first kappa shape index (κ1) is 19.1. The summed E-state index contributed by atoms with van der Waals surface area (Å²) in [6.45, 7) is 3.79. The van der Waals surface area contributed by atoms with Crippen LogP contribution in [0.15, 0.2) is 54.7 Å². The molecule has 29 heavy (non-hydrogen) atoms. The fourth-order valence-corrected chi connectivity index (χ4v) is 3.69. The highest BCUT2D eigenvalue weighted by Crippen LogP contribution is 2.34. The predicted molar refractivity (Wildman–Crippen MR) is 115 cm³/mol. The van der Waals surface area contributed by atoms with Gasteiger partial charge in [0.2, 0.25) is 5.95 Å². The van der Waals surface area contributed by atoms with Crippen LogP contribution >= 0.6 is 0 Å². The number of rotatable bonds is 6. The molecule has 150 valence electrons. The van der Waals surface area contributed by atoms with Gasteiger partial charge >= 0.3 is 0 Å². The first-order valence-electron chi connectivity index (χ1n) is 9.81. The molecule has 4 rings (SSSR count). The third-order valence-electron chi connectivity index (χ3n) is 5.33. The monoisotopic (exact) mass is 390 g/mol. The van der Waals surface area contributed by atoms with Crippen LogP contribution in [0.25, 0.3) is 0 Å². The molecule has 3 aromatic rings. The molecule has 2 heterocycles. The fourth-order valence-electron chi connectivity index (χ4n) is 3.69. The summed E-state index contributed by atoms with van der Waals surface area (Å²) in [5.74, 6) is 3.10. The topological polar surface area (TPSA) is 59.5 Å². The maximum atomic E-state index is 5.47. The molecule has 2 aromatic carbocycles. The summed E-state index contributed by atoms with van der Waals surface area (Å²) >= 11 is 0. The van der Waals surface area contributed by atoms with E-state index in [2.05, 4.69) is 46.4 Å². The van der Waals surface area contributed by atoms with Crippen LogP contribution in [0.3, 0.4) is 0 Å². The smallest absolute Gasteiger partial charge is 0.225 e. The fraction of sp³-hybridized carbons (Fsp3) is 0.304. The van der Waals surface area contributed by atoms with Gasteiger partial charge in [-0.2, -0.15) is 4.98 Å². The number of nitrogens with zero attached hydrogens (tertiary/aromatic N) is 3. The Balaban J connectivity index is 1.52. The minimum absolute atomic E-state index is 0.130. The molecule has 6 heteroatoms. The van der Waals surface area contributed by atoms with E-state index in [0.717, 1.165) is 36.8 Å². The van der Waals surface area contributed by atoms with Gasteiger partial charge in [0.25, 0.3) is 0 Å². The largest absolute Gasteiger partial charge is 0.493 e. The Kier molecular flexibility index (Phi) is 5.51. The zero-order valence-electron chi connectivity index (χ0n) is 17.1. The molecule has 0 radical (unpaired) electrons. The van der Waals surface area contributed by atoms with Gasteiger partial charge in [-0.25, -0.2) is 4.98 Å². The van der Waals surface area contributed by atoms with Gasteiger partial charge in [-0.3, -0.25) is 0 Å². The first-order chi connectivity index (χ1) is 14.2. The van der Waals surface area contributed by atoms with Crippen molar-refractivity contribution in [1.82, 2.24) is 9.97 Å². The number of benzene rings is 2. The van der Waals surface area contributed by atoms with Gasteiger partial charge < -0.3 is 19.7 Å². The average molecular weight is 390 g/mol. The summed E-state index contributed by atoms with van der Waals surface area (Å²) in [5.41, 5.74) is 3.73. The Bertz CT molecular complexity index is 978. The van der Waals surface area contributed by atoms with E-state index in [4.69, 9.17) is 14.5 Å². The molecular formula is C23H26N4O2. The number of fused-ring (bicyclic) bond motifs is 1. The summed E-state index contributed by atoms with van der Waals surface area (Å²) in [6.07, 6.45) is 2.75. The number of ether oxygens (including phenoxy) is 2. The van der Waals surface area contributed by atoms with Gasteiger partial charge in [0.05, 0.1) is 20.3 Å². The predicted octanol–water partition coefficient (Wildman–Crippen LogP) is 4.23. The number of hydrogen-bond donors (Lipinski definition) is 1. The molecule has 0 fully saturated rings. The second-order valence-electron chi connectivity index (χ2n) is 7.16. The van der Waals surface area contributed by atoms with Crippen LogP contribution < -0.4 is 19.7 Å². The van der Waals surface area contributed by atoms with Crippen LogP contribution in [0, 0.1) is 0 Å². The average Bonchev–Trinajstić information content (AvgIpc) is 2.78. The van der Waals surface area contributed by atoms with Crippen molar-refractivity contribution >= 4 is 11.8 Å². The van der Waals surface area contributed by atoms with E-state index in [1.165, 1.54) is 16.7 Å². The van der Waals surface area contributed by atoms with Gasteiger partial charge in [-0.1, -0.05) is 30.3 Å². The molecule has 0 saturated heterocycles. The third kappa shape index (κ3) is 4.11. The minimum Gasteiger partial charge on any atom is -0.493 e. The van der Waals surface area contributed by atoms with E-state index in [1.807, 2.05) is 30.5 Å². The minimum atomic E-state index is 0.130. The lowest BCUT2D eigenvalue weighted by molar-refractivity contribution is 0.353. The van der Waals surface area contributed by atoms with Crippen molar-refractivity contribution < 1.29 is 9.47 Å². The molecule has 0 aliphatic carbocycles. The van der Waals surface area contributed by atoms with E-state index in [1.54, 1.807) is 14.2 Å². The van der Waals surface area contributed by atoms with Crippen molar-refractivity contribution in [2.45, 2.75) is 25.9 Å². The van der Waals surface area contributed by atoms with Crippen LogP contribution in [-0.2, 0) is 13.0 Å². The Morgan fingerprint density at radius 3 is 2.45 bits per heavy atom. The van der Waals surface area contributed by atoms with Crippen LogP contribution in [0.4, 0.5) is 11.8 Å². The molecule has 0 bridgehead atoms. The Hall–Kier alpha value is -3.28.